The predicted molar refractivity (Wildman–Crippen MR) is 118 cm³/mol. The lowest BCUT2D eigenvalue weighted by Gasteiger charge is -2.03. The third-order valence-corrected chi connectivity index (χ3v) is 7.00. The third-order valence-electron chi connectivity index (χ3n) is 4.90. The highest BCUT2D eigenvalue weighted by atomic mass is 32.1. The SMILES string of the molecule is Cc1oc(-c2cccs2)nc1Cn1cnc2sc(-c3ccccc3)c(C)c2c1=O. The molecule has 0 N–H and O–H groups in total. The average Bonchev–Trinajstić information content (AvgIpc) is 3.45. The Labute approximate surface area is 174 Å². The zero-order chi connectivity index (χ0) is 20.0. The summed E-state index contributed by atoms with van der Waals surface area (Å²) < 4.78 is 7.42. The zero-order valence-electron chi connectivity index (χ0n) is 15.9. The number of aryl methyl sites for hydroxylation is 2. The van der Waals surface area contributed by atoms with Crippen LogP contribution in [0.3, 0.4) is 0 Å². The van der Waals surface area contributed by atoms with Crippen molar-refractivity contribution in [2.75, 3.05) is 0 Å². The first-order chi connectivity index (χ1) is 14.1. The second-order valence-corrected chi connectivity index (χ2v) is 8.73. The molecule has 0 radical (unpaired) electrons. The lowest BCUT2D eigenvalue weighted by atomic mass is 10.1. The van der Waals surface area contributed by atoms with Gasteiger partial charge in [0, 0.05) is 4.88 Å². The van der Waals surface area contributed by atoms with Gasteiger partial charge in [0.2, 0.25) is 5.89 Å². The summed E-state index contributed by atoms with van der Waals surface area (Å²) in [5.41, 5.74) is 2.77. The van der Waals surface area contributed by atoms with E-state index in [9.17, 15) is 4.79 Å². The fraction of sp³-hybridized carbons (Fsp3) is 0.136. The molecular formula is C22H17N3O2S2. The van der Waals surface area contributed by atoms with E-state index in [2.05, 4.69) is 22.1 Å². The molecule has 0 spiro atoms. The first kappa shape index (κ1) is 18.0. The molecule has 0 aliphatic heterocycles. The van der Waals surface area contributed by atoms with Crippen LogP contribution in [0.15, 0.2) is 63.4 Å². The highest BCUT2D eigenvalue weighted by Crippen LogP contribution is 2.35. The highest BCUT2D eigenvalue weighted by molar-refractivity contribution is 7.22. The number of hydrogen-bond donors (Lipinski definition) is 0. The molecule has 4 aromatic heterocycles. The van der Waals surface area contributed by atoms with Gasteiger partial charge in [0.25, 0.3) is 5.56 Å². The standard InChI is InChI=1S/C22H17N3O2S2/c1-13-18-21(29-19(13)15-7-4-3-5-8-15)23-12-25(22(18)26)11-16-14(2)27-20(24-16)17-9-6-10-28-17/h3-10,12H,11H2,1-2H3. The molecule has 0 amide bonds. The van der Waals surface area contributed by atoms with Crippen LogP contribution in [0.2, 0.25) is 0 Å². The first-order valence-corrected chi connectivity index (χ1v) is 10.9. The summed E-state index contributed by atoms with van der Waals surface area (Å²) in [4.78, 5) is 25.2. The fourth-order valence-corrected chi connectivity index (χ4v) is 5.17. The lowest BCUT2D eigenvalue weighted by molar-refractivity contribution is 0.538. The molecule has 0 fully saturated rings. The number of aromatic nitrogens is 3. The number of nitrogens with zero attached hydrogens (tertiary/aromatic N) is 3. The number of hydrogen-bond acceptors (Lipinski definition) is 6. The van der Waals surface area contributed by atoms with Gasteiger partial charge < -0.3 is 4.42 Å². The van der Waals surface area contributed by atoms with Crippen LogP contribution in [0.5, 0.6) is 0 Å². The van der Waals surface area contributed by atoms with E-state index in [1.165, 1.54) is 0 Å². The molecule has 0 saturated heterocycles. The largest absolute Gasteiger partial charge is 0.440 e. The van der Waals surface area contributed by atoms with Gasteiger partial charge in [-0.15, -0.1) is 22.7 Å². The van der Waals surface area contributed by atoms with Gasteiger partial charge in [-0.2, -0.15) is 0 Å². The number of oxazole rings is 1. The summed E-state index contributed by atoms with van der Waals surface area (Å²) in [6.45, 7) is 4.20. The molecule has 5 nitrogen and oxygen atoms in total. The van der Waals surface area contributed by atoms with Crippen LogP contribution in [0.25, 0.3) is 31.4 Å². The number of fused-ring (bicyclic) bond motifs is 1. The maximum atomic E-state index is 13.2. The van der Waals surface area contributed by atoms with Crippen LogP contribution in [-0.4, -0.2) is 14.5 Å². The maximum Gasteiger partial charge on any atom is 0.262 e. The zero-order valence-corrected chi connectivity index (χ0v) is 17.5. The minimum absolute atomic E-state index is 0.0500. The number of thiophene rings is 2. The van der Waals surface area contributed by atoms with Crippen molar-refractivity contribution < 1.29 is 4.42 Å². The normalized spacial score (nSPS) is 11.4. The Morgan fingerprint density at radius 1 is 1.10 bits per heavy atom. The van der Waals surface area contributed by atoms with Crippen molar-refractivity contribution in [1.29, 1.82) is 0 Å². The van der Waals surface area contributed by atoms with Gasteiger partial charge in [0.05, 0.1) is 23.1 Å². The summed E-state index contributed by atoms with van der Waals surface area (Å²) in [6.07, 6.45) is 1.61. The molecule has 0 aliphatic rings. The first-order valence-electron chi connectivity index (χ1n) is 9.16. The van der Waals surface area contributed by atoms with E-state index in [1.807, 2.05) is 49.6 Å². The molecule has 0 unspecified atom stereocenters. The van der Waals surface area contributed by atoms with E-state index in [-0.39, 0.29) is 5.56 Å². The third kappa shape index (κ3) is 3.12. The second kappa shape index (κ2) is 7.09. The molecule has 1 aromatic carbocycles. The van der Waals surface area contributed by atoms with Crippen LogP contribution in [0.4, 0.5) is 0 Å². The van der Waals surface area contributed by atoms with Gasteiger partial charge in [-0.05, 0) is 36.4 Å². The van der Waals surface area contributed by atoms with Gasteiger partial charge in [0.1, 0.15) is 16.3 Å². The van der Waals surface area contributed by atoms with Gasteiger partial charge >= 0.3 is 0 Å². The Morgan fingerprint density at radius 2 is 1.93 bits per heavy atom. The quantitative estimate of drug-likeness (QED) is 0.386. The molecule has 0 saturated carbocycles. The van der Waals surface area contributed by atoms with E-state index in [4.69, 9.17) is 4.42 Å². The van der Waals surface area contributed by atoms with Crippen LogP contribution in [0.1, 0.15) is 17.0 Å². The summed E-state index contributed by atoms with van der Waals surface area (Å²) in [7, 11) is 0. The number of benzene rings is 1. The summed E-state index contributed by atoms with van der Waals surface area (Å²) in [5.74, 6) is 1.31. The molecule has 5 rings (SSSR count). The molecule has 0 aliphatic carbocycles. The monoisotopic (exact) mass is 419 g/mol. The second-order valence-electron chi connectivity index (χ2n) is 6.78. The van der Waals surface area contributed by atoms with Crippen LogP contribution < -0.4 is 5.56 Å². The predicted octanol–water partition coefficient (Wildman–Crippen LogP) is 5.51. The van der Waals surface area contributed by atoms with Gasteiger partial charge in [0.15, 0.2) is 0 Å². The molecule has 5 aromatic rings. The average molecular weight is 420 g/mol. The van der Waals surface area contributed by atoms with Crippen molar-refractivity contribution in [3.8, 4) is 21.2 Å². The summed E-state index contributed by atoms with van der Waals surface area (Å²) >= 11 is 3.13. The molecule has 7 heteroatoms. The summed E-state index contributed by atoms with van der Waals surface area (Å²) in [5, 5.41) is 2.66. The molecule has 144 valence electrons. The Bertz CT molecular complexity index is 1360. The smallest absolute Gasteiger partial charge is 0.262 e. The molecule has 0 atom stereocenters. The van der Waals surface area contributed by atoms with Crippen LogP contribution in [0, 0.1) is 13.8 Å². The Hall–Kier alpha value is -3.03. The van der Waals surface area contributed by atoms with E-state index in [0.29, 0.717) is 23.6 Å². The topological polar surface area (TPSA) is 60.9 Å². The Morgan fingerprint density at radius 3 is 2.69 bits per heavy atom. The van der Waals surface area contributed by atoms with Gasteiger partial charge in [-0.25, -0.2) is 9.97 Å². The van der Waals surface area contributed by atoms with Gasteiger partial charge in [-0.3, -0.25) is 9.36 Å². The highest BCUT2D eigenvalue weighted by Gasteiger charge is 2.18. The molecule has 0 bridgehead atoms. The van der Waals surface area contributed by atoms with Crippen molar-refractivity contribution in [1.82, 2.24) is 14.5 Å². The van der Waals surface area contributed by atoms with E-state index < -0.39 is 0 Å². The van der Waals surface area contributed by atoms with Crippen molar-refractivity contribution in [3.63, 3.8) is 0 Å². The van der Waals surface area contributed by atoms with Crippen LogP contribution >= 0.6 is 22.7 Å². The van der Waals surface area contributed by atoms with Crippen molar-refractivity contribution in [2.24, 2.45) is 0 Å². The molecule has 4 heterocycles. The molecule has 29 heavy (non-hydrogen) atoms. The minimum atomic E-state index is -0.0500. The minimum Gasteiger partial charge on any atom is -0.440 e. The van der Waals surface area contributed by atoms with E-state index in [1.54, 1.807) is 33.6 Å². The van der Waals surface area contributed by atoms with Crippen molar-refractivity contribution in [3.05, 3.63) is 81.5 Å². The van der Waals surface area contributed by atoms with E-state index in [0.717, 1.165) is 31.4 Å². The Kier molecular flexibility index (Phi) is 4.41. The van der Waals surface area contributed by atoms with Gasteiger partial charge in [-0.1, -0.05) is 36.4 Å². The van der Waals surface area contributed by atoms with Crippen LogP contribution in [-0.2, 0) is 6.54 Å². The lowest BCUT2D eigenvalue weighted by Crippen LogP contribution is -2.21. The Balaban J connectivity index is 1.56. The van der Waals surface area contributed by atoms with Crippen molar-refractivity contribution in [2.45, 2.75) is 20.4 Å². The fourth-order valence-electron chi connectivity index (χ4n) is 3.38. The summed E-state index contributed by atoms with van der Waals surface area (Å²) in [6, 6.07) is 14.0. The molecular weight excluding hydrogens is 402 g/mol. The number of rotatable bonds is 4. The van der Waals surface area contributed by atoms with Crippen molar-refractivity contribution >= 4 is 32.9 Å². The van der Waals surface area contributed by atoms with E-state index >= 15 is 0 Å². The maximum absolute atomic E-state index is 13.2.